The lowest BCUT2D eigenvalue weighted by Crippen LogP contribution is -2.49. The van der Waals surface area contributed by atoms with E-state index < -0.39 is 17.2 Å². The molecule has 0 saturated carbocycles. The van der Waals surface area contributed by atoms with Crippen LogP contribution in [0.5, 0.6) is 0 Å². The predicted octanol–water partition coefficient (Wildman–Crippen LogP) is 2.26. The number of piperazine rings is 1. The molecule has 0 radical (unpaired) electrons. The van der Waals surface area contributed by atoms with Crippen molar-refractivity contribution >= 4 is 34.3 Å². The number of halogens is 1. The number of rotatable bonds is 2. The van der Waals surface area contributed by atoms with Gasteiger partial charge in [0.2, 0.25) is 5.43 Å². The second kappa shape index (κ2) is 5.74. The number of carboxylic acid groups (broad SMARTS) is 1. The molecule has 0 spiro atoms. The summed E-state index contributed by atoms with van der Waals surface area (Å²) in [6.45, 7) is 6.10. The number of carboxylic acids is 1. The van der Waals surface area contributed by atoms with E-state index in [-0.39, 0.29) is 22.4 Å². The SMILES string of the molecule is CC1CN(c2cc3c(cc2F)c(=O)c(C(=O)O)c2n3C(C)S2)CCN1. The van der Waals surface area contributed by atoms with Crippen LogP contribution >= 0.6 is 11.8 Å². The van der Waals surface area contributed by atoms with Gasteiger partial charge >= 0.3 is 5.97 Å². The van der Waals surface area contributed by atoms with E-state index in [2.05, 4.69) is 5.32 Å². The average molecular weight is 363 g/mol. The minimum absolute atomic E-state index is 0.0106. The predicted molar refractivity (Wildman–Crippen MR) is 95.4 cm³/mol. The number of nitrogens with one attached hydrogen (secondary N) is 1. The number of benzene rings is 1. The van der Waals surface area contributed by atoms with Crippen LogP contribution in [0.25, 0.3) is 10.9 Å². The van der Waals surface area contributed by atoms with Gasteiger partial charge in [0, 0.05) is 31.1 Å². The minimum Gasteiger partial charge on any atom is -0.477 e. The summed E-state index contributed by atoms with van der Waals surface area (Å²) >= 11 is 1.35. The smallest absolute Gasteiger partial charge is 0.342 e. The number of hydrogen-bond donors (Lipinski definition) is 2. The number of aromatic nitrogens is 1. The quantitative estimate of drug-likeness (QED) is 0.853. The van der Waals surface area contributed by atoms with Gasteiger partial charge < -0.3 is 19.9 Å². The van der Waals surface area contributed by atoms with Crippen molar-refractivity contribution in [3.05, 3.63) is 33.7 Å². The monoisotopic (exact) mass is 363 g/mol. The number of thioether (sulfide) groups is 1. The van der Waals surface area contributed by atoms with Gasteiger partial charge in [-0.1, -0.05) is 11.8 Å². The van der Waals surface area contributed by atoms with Crippen molar-refractivity contribution in [2.75, 3.05) is 24.5 Å². The molecule has 0 bridgehead atoms. The number of aromatic carboxylic acids is 1. The molecule has 2 aliphatic rings. The van der Waals surface area contributed by atoms with E-state index in [1.165, 1.54) is 17.8 Å². The molecule has 1 aromatic carbocycles. The topological polar surface area (TPSA) is 74.6 Å². The molecule has 0 aliphatic carbocycles. The highest BCUT2D eigenvalue weighted by Crippen LogP contribution is 2.46. The molecule has 132 valence electrons. The van der Waals surface area contributed by atoms with Crippen molar-refractivity contribution in [3.8, 4) is 0 Å². The van der Waals surface area contributed by atoms with Crippen LogP contribution < -0.4 is 15.6 Å². The van der Waals surface area contributed by atoms with Crippen molar-refractivity contribution in [1.29, 1.82) is 0 Å². The lowest BCUT2D eigenvalue weighted by atomic mass is 10.1. The summed E-state index contributed by atoms with van der Waals surface area (Å²) in [6, 6.07) is 3.13. The molecule has 2 aliphatic heterocycles. The van der Waals surface area contributed by atoms with Gasteiger partial charge in [0.25, 0.3) is 0 Å². The second-order valence-corrected chi connectivity index (χ2v) is 7.83. The van der Waals surface area contributed by atoms with Gasteiger partial charge in [-0.3, -0.25) is 4.79 Å². The van der Waals surface area contributed by atoms with Crippen LogP contribution in [0.15, 0.2) is 22.0 Å². The fourth-order valence-corrected chi connectivity index (χ4v) is 4.77. The first-order valence-corrected chi connectivity index (χ1v) is 9.06. The maximum Gasteiger partial charge on any atom is 0.342 e. The largest absolute Gasteiger partial charge is 0.477 e. The van der Waals surface area contributed by atoms with Gasteiger partial charge in [-0.2, -0.15) is 0 Å². The lowest BCUT2D eigenvalue weighted by molar-refractivity contribution is 0.0689. The molecule has 2 aromatic rings. The number of pyridine rings is 1. The Morgan fingerprint density at radius 3 is 2.80 bits per heavy atom. The maximum atomic E-state index is 14.7. The molecule has 25 heavy (non-hydrogen) atoms. The van der Waals surface area contributed by atoms with Gasteiger partial charge in [0.15, 0.2) is 0 Å². The molecule has 1 aromatic heterocycles. The number of hydrogen-bond acceptors (Lipinski definition) is 5. The van der Waals surface area contributed by atoms with Gasteiger partial charge in [-0.25, -0.2) is 9.18 Å². The third kappa shape index (κ3) is 2.43. The van der Waals surface area contributed by atoms with E-state index >= 15 is 0 Å². The summed E-state index contributed by atoms with van der Waals surface area (Å²) in [5.41, 5.74) is 0.173. The van der Waals surface area contributed by atoms with Crippen LogP contribution in [-0.4, -0.2) is 41.3 Å². The first-order chi connectivity index (χ1) is 11.9. The van der Waals surface area contributed by atoms with E-state index in [4.69, 9.17) is 0 Å². The third-order valence-electron chi connectivity index (χ3n) is 4.80. The van der Waals surface area contributed by atoms with Crippen LogP contribution in [-0.2, 0) is 0 Å². The van der Waals surface area contributed by atoms with Crippen molar-refractivity contribution in [3.63, 3.8) is 0 Å². The summed E-state index contributed by atoms with van der Waals surface area (Å²) in [6.07, 6.45) is 0. The Balaban J connectivity index is 1.96. The van der Waals surface area contributed by atoms with Gasteiger partial charge in [0.1, 0.15) is 11.4 Å². The van der Waals surface area contributed by atoms with E-state index in [0.29, 0.717) is 29.3 Å². The Bertz CT molecular complexity index is 959. The van der Waals surface area contributed by atoms with E-state index in [1.807, 2.05) is 23.3 Å². The summed E-state index contributed by atoms with van der Waals surface area (Å²) < 4.78 is 16.5. The van der Waals surface area contributed by atoms with Crippen LogP contribution in [0.1, 0.15) is 29.6 Å². The molecule has 0 amide bonds. The highest BCUT2D eigenvalue weighted by Gasteiger charge is 2.33. The van der Waals surface area contributed by atoms with Gasteiger partial charge in [-0.15, -0.1) is 0 Å². The van der Waals surface area contributed by atoms with Crippen molar-refractivity contribution in [1.82, 2.24) is 9.88 Å². The second-order valence-electron chi connectivity index (χ2n) is 6.52. The molecule has 8 heteroatoms. The maximum absolute atomic E-state index is 14.7. The number of fused-ring (bicyclic) bond motifs is 3. The number of carbonyl (C=O) groups is 1. The van der Waals surface area contributed by atoms with Crippen LogP contribution in [0.2, 0.25) is 0 Å². The lowest BCUT2D eigenvalue weighted by Gasteiger charge is -2.35. The number of anilines is 1. The Labute approximate surface area is 147 Å². The van der Waals surface area contributed by atoms with Crippen molar-refractivity contribution < 1.29 is 14.3 Å². The van der Waals surface area contributed by atoms with E-state index in [0.717, 1.165) is 6.54 Å². The number of nitrogens with zero attached hydrogens (tertiary/aromatic N) is 2. The molecule has 1 saturated heterocycles. The zero-order valence-corrected chi connectivity index (χ0v) is 14.7. The summed E-state index contributed by atoms with van der Waals surface area (Å²) in [5.74, 6) is -1.76. The Hall–Kier alpha value is -2.06. The molecular weight excluding hydrogens is 345 g/mol. The normalized spacial score (nSPS) is 22.6. The Morgan fingerprint density at radius 2 is 2.16 bits per heavy atom. The van der Waals surface area contributed by atoms with Crippen LogP contribution in [0, 0.1) is 5.82 Å². The van der Waals surface area contributed by atoms with Crippen molar-refractivity contribution in [2.45, 2.75) is 30.3 Å². The molecular formula is C17H18FN3O3S. The van der Waals surface area contributed by atoms with E-state index in [9.17, 15) is 19.1 Å². The third-order valence-corrected chi connectivity index (χ3v) is 5.97. The first kappa shape index (κ1) is 16.4. The van der Waals surface area contributed by atoms with Gasteiger partial charge in [0.05, 0.1) is 21.6 Å². The first-order valence-electron chi connectivity index (χ1n) is 8.18. The Morgan fingerprint density at radius 1 is 1.40 bits per heavy atom. The fraction of sp³-hybridized carbons (Fsp3) is 0.412. The molecule has 6 nitrogen and oxygen atoms in total. The average Bonchev–Trinajstić information content (AvgIpc) is 2.54. The standard InChI is InChI=1S/C17H18FN3O3S/c1-8-7-20(4-3-19-8)13-6-12-10(5-11(13)18)15(22)14(17(23)24)16-21(12)9(2)25-16/h5-6,8-9,19H,3-4,7H2,1-2H3,(H,23,24). The minimum atomic E-state index is -1.27. The highest BCUT2D eigenvalue weighted by molar-refractivity contribution is 8.00. The summed E-state index contributed by atoms with van der Waals surface area (Å²) in [4.78, 5) is 26.0. The molecule has 2 unspecified atom stereocenters. The van der Waals surface area contributed by atoms with Crippen molar-refractivity contribution in [2.24, 2.45) is 0 Å². The zero-order chi connectivity index (χ0) is 17.9. The van der Waals surface area contributed by atoms with Gasteiger partial charge in [-0.05, 0) is 26.0 Å². The molecule has 1 fully saturated rings. The molecule has 4 rings (SSSR count). The van der Waals surface area contributed by atoms with Crippen LogP contribution in [0.4, 0.5) is 10.1 Å². The van der Waals surface area contributed by atoms with Crippen LogP contribution in [0.3, 0.4) is 0 Å². The molecule has 2 N–H and O–H groups in total. The zero-order valence-electron chi connectivity index (χ0n) is 13.9. The fourth-order valence-electron chi connectivity index (χ4n) is 3.62. The molecule has 3 heterocycles. The van der Waals surface area contributed by atoms with E-state index in [1.54, 1.807) is 6.07 Å². The highest BCUT2D eigenvalue weighted by atomic mass is 32.2. The summed E-state index contributed by atoms with van der Waals surface area (Å²) in [5, 5.41) is 13.3. The summed E-state index contributed by atoms with van der Waals surface area (Å²) in [7, 11) is 0. The Kier molecular flexibility index (Phi) is 3.77. The molecule has 2 atom stereocenters.